The number of ether oxygens (including phenoxy) is 1. The van der Waals surface area contributed by atoms with E-state index in [1.165, 1.54) is 7.11 Å². The van der Waals surface area contributed by atoms with E-state index in [0.29, 0.717) is 17.3 Å². The van der Waals surface area contributed by atoms with Crippen molar-refractivity contribution in [3.8, 4) is 11.3 Å². The van der Waals surface area contributed by atoms with Gasteiger partial charge < -0.3 is 9.72 Å². The van der Waals surface area contributed by atoms with Gasteiger partial charge in [-0.25, -0.2) is 18.6 Å². The molecule has 25 heavy (non-hydrogen) atoms. The summed E-state index contributed by atoms with van der Waals surface area (Å²) in [5.74, 6) is -2.87. The number of hydrogen-bond donors (Lipinski definition) is 2. The van der Waals surface area contributed by atoms with Crippen molar-refractivity contribution >= 4 is 28.3 Å². The van der Waals surface area contributed by atoms with Gasteiger partial charge in [0.15, 0.2) is 5.13 Å². The van der Waals surface area contributed by atoms with E-state index in [-0.39, 0.29) is 16.4 Å². The Hall–Kier alpha value is -3.07. The minimum Gasteiger partial charge on any atom is -0.464 e. The van der Waals surface area contributed by atoms with Gasteiger partial charge in [0, 0.05) is 28.8 Å². The molecule has 0 aliphatic heterocycles. The molecule has 0 spiro atoms. The topological polar surface area (TPSA) is 84.1 Å². The van der Waals surface area contributed by atoms with Crippen molar-refractivity contribution in [1.82, 2.24) is 9.97 Å². The molecule has 0 radical (unpaired) electrons. The van der Waals surface area contributed by atoms with Crippen LogP contribution in [0.4, 0.5) is 13.9 Å². The Balaban J connectivity index is 1.76. The Morgan fingerprint density at radius 1 is 1.20 bits per heavy atom. The molecule has 0 aliphatic rings. The van der Waals surface area contributed by atoms with Crippen LogP contribution in [0.1, 0.15) is 20.8 Å². The smallest absolute Gasteiger partial charge is 0.354 e. The number of nitrogens with one attached hydrogen (secondary N) is 2. The molecule has 3 rings (SSSR count). The second kappa shape index (κ2) is 6.81. The number of hydrogen-bond acceptors (Lipinski definition) is 5. The highest BCUT2D eigenvalue weighted by Crippen LogP contribution is 2.26. The lowest BCUT2D eigenvalue weighted by molar-refractivity contribution is 0.0594. The van der Waals surface area contributed by atoms with Crippen LogP contribution >= 0.6 is 11.3 Å². The van der Waals surface area contributed by atoms with E-state index in [4.69, 9.17) is 0 Å². The zero-order valence-electron chi connectivity index (χ0n) is 12.8. The maximum Gasteiger partial charge on any atom is 0.354 e. The fraction of sp³-hybridized carbons (Fsp3) is 0.0625. The number of carbonyl (C=O) groups excluding carboxylic acids is 2. The third-order valence-corrected chi connectivity index (χ3v) is 3.99. The second-order valence-corrected chi connectivity index (χ2v) is 5.80. The highest BCUT2D eigenvalue weighted by atomic mass is 32.1. The van der Waals surface area contributed by atoms with Crippen molar-refractivity contribution in [3.63, 3.8) is 0 Å². The summed E-state index contributed by atoms with van der Waals surface area (Å²) in [6.07, 6.45) is 1.58. The number of aromatic amines is 1. The SMILES string of the molecule is COC(=O)c1cc(-c2csc(NC(=O)c3cc(F)cc(F)c3)n2)c[nH]1. The molecule has 1 amide bonds. The van der Waals surface area contributed by atoms with E-state index >= 15 is 0 Å². The van der Waals surface area contributed by atoms with Crippen molar-refractivity contribution in [2.24, 2.45) is 0 Å². The average Bonchev–Trinajstić information content (AvgIpc) is 3.22. The number of benzene rings is 1. The lowest BCUT2D eigenvalue weighted by Crippen LogP contribution is -2.12. The molecular weight excluding hydrogens is 352 g/mol. The summed E-state index contributed by atoms with van der Waals surface area (Å²) in [6.45, 7) is 0. The molecule has 2 aromatic heterocycles. The van der Waals surface area contributed by atoms with Gasteiger partial charge in [0.1, 0.15) is 17.3 Å². The largest absolute Gasteiger partial charge is 0.464 e. The van der Waals surface area contributed by atoms with Crippen molar-refractivity contribution in [3.05, 3.63) is 58.7 Å². The average molecular weight is 363 g/mol. The third-order valence-electron chi connectivity index (χ3n) is 3.23. The van der Waals surface area contributed by atoms with Crippen LogP contribution in [0.15, 0.2) is 35.8 Å². The predicted octanol–water partition coefficient (Wildman–Crippen LogP) is 3.46. The summed E-state index contributed by atoms with van der Waals surface area (Å²) in [5.41, 5.74) is 1.28. The van der Waals surface area contributed by atoms with Crippen LogP contribution in [0, 0.1) is 11.6 Å². The zero-order valence-corrected chi connectivity index (χ0v) is 13.6. The molecular formula is C16H11F2N3O3S. The maximum atomic E-state index is 13.2. The summed E-state index contributed by atoms with van der Waals surface area (Å²) in [7, 11) is 1.27. The first-order valence-corrected chi connectivity index (χ1v) is 7.84. The van der Waals surface area contributed by atoms with E-state index in [2.05, 4.69) is 20.0 Å². The summed E-state index contributed by atoms with van der Waals surface area (Å²) in [6, 6.07) is 4.11. The second-order valence-electron chi connectivity index (χ2n) is 4.94. The van der Waals surface area contributed by atoms with Gasteiger partial charge in [-0.3, -0.25) is 10.1 Å². The first-order chi connectivity index (χ1) is 12.0. The fourth-order valence-electron chi connectivity index (χ4n) is 2.09. The number of H-pyrrole nitrogens is 1. The lowest BCUT2D eigenvalue weighted by Gasteiger charge is -2.02. The molecule has 0 fully saturated rings. The molecule has 2 heterocycles. The van der Waals surface area contributed by atoms with Crippen LogP contribution in [0.2, 0.25) is 0 Å². The molecule has 9 heteroatoms. The van der Waals surface area contributed by atoms with Crippen LogP contribution in [-0.2, 0) is 4.74 Å². The lowest BCUT2D eigenvalue weighted by atomic mass is 10.2. The standard InChI is InChI=1S/C16H11F2N3O3S/c1-24-15(23)12-4-9(6-19-12)13-7-25-16(20-13)21-14(22)8-2-10(17)5-11(18)3-8/h2-7,19H,1H3,(H,20,21,22). The van der Waals surface area contributed by atoms with Gasteiger partial charge in [-0.2, -0.15) is 0 Å². The molecule has 3 aromatic rings. The Bertz CT molecular complexity index is 932. The van der Waals surface area contributed by atoms with E-state index in [1.54, 1.807) is 17.6 Å². The van der Waals surface area contributed by atoms with Crippen LogP contribution < -0.4 is 5.32 Å². The highest BCUT2D eigenvalue weighted by Gasteiger charge is 2.14. The molecule has 2 N–H and O–H groups in total. The first kappa shape index (κ1) is 16.8. The van der Waals surface area contributed by atoms with Crippen LogP contribution in [0.25, 0.3) is 11.3 Å². The number of halogens is 2. The van der Waals surface area contributed by atoms with Gasteiger partial charge in [-0.1, -0.05) is 0 Å². The maximum absolute atomic E-state index is 13.2. The van der Waals surface area contributed by atoms with Crippen LogP contribution in [-0.4, -0.2) is 29.0 Å². The molecule has 0 unspecified atom stereocenters. The minimum absolute atomic E-state index is 0.149. The van der Waals surface area contributed by atoms with Gasteiger partial charge in [-0.05, 0) is 18.2 Å². The Morgan fingerprint density at radius 2 is 1.92 bits per heavy atom. The number of esters is 1. The quantitative estimate of drug-likeness (QED) is 0.696. The van der Waals surface area contributed by atoms with E-state index in [1.807, 2.05) is 0 Å². The Morgan fingerprint density at radius 3 is 2.60 bits per heavy atom. The molecule has 6 nitrogen and oxygen atoms in total. The first-order valence-electron chi connectivity index (χ1n) is 6.96. The van der Waals surface area contributed by atoms with Crippen molar-refractivity contribution in [2.75, 3.05) is 12.4 Å². The normalized spacial score (nSPS) is 10.5. The predicted molar refractivity (Wildman–Crippen MR) is 87.6 cm³/mol. The Kier molecular flexibility index (Phi) is 4.57. The molecule has 0 aliphatic carbocycles. The van der Waals surface area contributed by atoms with Gasteiger partial charge >= 0.3 is 5.97 Å². The molecule has 0 bridgehead atoms. The number of nitrogens with zero attached hydrogens (tertiary/aromatic N) is 1. The van der Waals surface area contributed by atoms with Crippen LogP contribution in [0.3, 0.4) is 0 Å². The number of rotatable bonds is 4. The summed E-state index contributed by atoms with van der Waals surface area (Å²) in [5, 5.41) is 4.40. The van der Waals surface area contributed by atoms with Crippen molar-refractivity contribution in [1.29, 1.82) is 0 Å². The molecule has 0 atom stereocenters. The van der Waals surface area contributed by atoms with Gasteiger partial charge in [0.25, 0.3) is 5.91 Å². The number of amides is 1. The van der Waals surface area contributed by atoms with Crippen molar-refractivity contribution in [2.45, 2.75) is 0 Å². The van der Waals surface area contributed by atoms with Gasteiger partial charge in [0.05, 0.1) is 12.8 Å². The van der Waals surface area contributed by atoms with Gasteiger partial charge in [0.2, 0.25) is 0 Å². The minimum atomic E-state index is -0.840. The fourth-order valence-corrected chi connectivity index (χ4v) is 2.80. The Labute approximate surface area is 144 Å². The molecule has 128 valence electrons. The van der Waals surface area contributed by atoms with Crippen LogP contribution in [0.5, 0.6) is 0 Å². The number of thiazole rings is 1. The number of aromatic nitrogens is 2. The monoisotopic (exact) mass is 363 g/mol. The number of carbonyl (C=O) groups is 2. The third kappa shape index (κ3) is 3.72. The summed E-state index contributed by atoms with van der Waals surface area (Å²) < 4.78 is 31.0. The van der Waals surface area contributed by atoms with Gasteiger partial charge in [-0.15, -0.1) is 11.3 Å². The number of methoxy groups -OCH3 is 1. The van der Waals surface area contributed by atoms with E-state index < -0.39 is 23.5 Å². The zero-order chi connectivity index (χ0) is 18.0. The van der Waals surface area contributed by atoms with Crippen molar-refractivity contribution < 1.29 is 23.1 Å². The summed E-state index contributed by atoms with van der Waals surface area (Å²) >= 11 is 1.14. The molecule has 0 saturated carbocycles. The number of anilines is 1. The highest BCUT2D eigenvalue weighted by molar-refractivity contribution is 7.14. The molecule has 1 aromatic carbocycles. The molecule has 0 saturated heterocycles. The van der Waals surface area contributed by atoms with E-state index in [9.17, 15) is 18.4 Å². The van der Waals surface area contributed by atoms with E-state index in [0.717, 1.165) is 23.5 Å². The summed E-state index contributed by atoms with van der Waals surface area (Å²) in [4.78, 5) is 30.5.